The Morgan fingerprint density at radius 1 is 1.25 bits per heavy atom. The number of benzene rings is 1. The number of aliphatic hydroxyl groups excluding tert-OH is 1. The minimum Gasteiger partial charge on any atom is -0.419 e. The zero-order valence-corrected chi connectivity index (χ0v) is 11.0. The van der Waals surface area contributed by atoms with E-state index in [0.717, 1.165) is 5.56 Å². The molecule has 5 nitrogen and oxygen atoms in total. The molecule has 3 rings (SSSR count). The van der Waals surface area contributed by atoms with Crippen LogP contribution in [0.3, 0.4) is 0 Å². The zero-order valence-electron chi connectivity index (χ0n) is 11.0. The molecule has 0 amide bonds. The number of aliphatic hydroxyl groups is 1. The molecule has 0 atom stereocenters. The van der Waals surface area contributed by atoms with Gasteiger partial charge >= 0.3 is 0 Å². The van der Waals surface area contributed by atoms with Crippen LogP contribution in [-0.2, 0) is 0 Å². The van der Waals surface area contributed by atoms with E-state index in [0.29, 0.717) is 43.4 Å². The highest BCUT2D eigenvalue weighted by Gasteiger charge is 2.24. The number of oxazole rings is 1. The van der Waals surface area contributed by atoms with Crippen LogP contribution in [0.4, 0.5) is 5.88 Å². The average Bonchev–Trinajstić information content (AvgIpc) is 2.93. The van der Waals surface area contributed by atoms with Crippen LogP contribution in [0.1, 0.15) is 18.5 Å². The van der Waals surface area contributed by atoms with Crippen molar-refractivity contribution in [1.29, 1.82) is 5.26 Å². The molecule has 1 fully saturated rings. The Balaban J connectivity index is 1.92. The van der Waals surface area contributed by atoms with Gasteiger partial charge in [0.25, 0.3) is 0 Å². The third-order valence-electron chi connectivity index (χ3n) is 3.49. The predicted octanol–water partition coefficient (Wildman–Crippen LogP) is 2.17. The summed E-state index contributed by atoms with van der Waals surface area (Å²) in [6.07, 6.45) is 1.12. The summed E-state index contributed by atoms with van der Waals surface area (Å²) < 4.78 is 5.78. The lowest BCUT2D eigenvalue weighted by Crippen LogP contribution is -2.35. The van der Waals surface area contributed by atoms with Crippen molar-refractivity contribution in [3.05, 3.63) is 36.0 Å². The first kappa shape index (κ1) is 12.7. The van der Waals surface area contributed by atoms with Crippen LogP contribution in [0.15, 0.2) is 34.7 Å². The fraction of sp³-hybridized carbons (Fsp3) is 0.333. The normalized spacial score (nSPS) is 16.1. The van der Waals surface area contributed by atoms with E-state index in [1.807, 2.05) is 35.2 Å². The highest BCUT2D eigenvalue weighted by molar-refractivity contribution is 5.59. The zero-order chi connectivity index (χ0) is 13.9. The quantitative estimate of drug-likeness (QED) is 0.904. The van der Waals surface area contributed by atoms with Gasteiger partial charge in [-0.3, -0.25) is 0 Å². The Labute approximate surface area is 117 Å². The van der Waals surface area contributed by atoms with Gasteiger partial charge < -0.3 is 14.4 Å². The number of nitrogens with zero attached hydrogens (tertiary/aromatic N) is 3. The molecule has 0 bridgehead atoms. The monoisotopic (exact) mass is 269 g/mol. The molecule has 1 saturated heterocycles. The lowest BCUT2D eigenvalue weighted by molar-refractivity contribution is 0.144. The first-order valence-corrected chi connectivity index (χ1v) is 6.67. The summed E-state index contributed by atoms with van der Waals surface area (Å²) in [5.41, 5.74) is 1.16. The van der Waals surface area contributed by atoms with Gasteiger partial charge in [-0.05, 0) is 25.0 Å². The molecule has 2 heterocycles. The smallest absolute Gasteiger partial charge is 0.235 e. The Morgan fingerprint density at radius 3 is 2.60 bits per heavy atom. The van der Waals surface area contributed by atoms with Crippen LogP contribution >= 0.6 is 0 Å². The third-order valence-corrected chi connectivity index (χ3v) is 3.49. The standard InChI is InChI=1S/C15H15N3O2/c16-10-13-15(18-8-6-12(19)7-9-18)20-14(17-13)11-4-2-1-3-5-11/h1-5,12,19H,6-9H2. The van der Waals surface area contributed by atoms with E-state index < -0.39 is 0 Å². The molecule has 20 heavy (non-hydrogen) atoms. The Morgan fingerprint density at radius 2 is 1.95 bits per heavy atom. The molecule has 1 N–H and O–H groups in total. The van der Waals surface area contributed by atoms with Crippen molar-refractivity contribution >= 4 is 5.88 Å². The molecule has 0 aliphatic carbocycles. The molecule has 5 heteroatoms. The van der Waals surface area contributed by atoms with E-state index in [-0.39, 0.29) is 6.10 Å². The summed E-state index contributed by atoms with van der Waals surface area (Å²) in [6.45, 7) is 1.36. The number of anilines is 1. The van der Waals surface area contributed by atoms with Gasteiger partial charge in [-0.1, -0.05) is 18.2 Å². The van der Waals surface area contributed by atoms with Gasteiger partial charge in [-0.25, -0.2) is 0 Å². The Kier molecular flexibility index (Phi) is 3.40. The maximum atomic E-state index is 9.55. The molecule has 1 aliphatic heterocycles. The highest BCUT2D eigenvalue weighted by atomic mass is 16.4. The molecule has 1 aromatic heterocycles. The maximum absolute atomic E-state index is 9.55. The molecule has 0 radical (unpaired) electrons. The van der Waals surface area contributed by atoms with Crippen molar-refractivity contribution in [1.82, 2.24) is 4.98 Å². The fourth-order valence-corrected chi connectivity index (χ4v) is 2.37. The first-order valence-electron chi connectivity index (χ1n) is 6.67. The van der Waals surface area contributed by atoms with Gasteiger partial charge in [0.05, 0.1) is 6.10 Å². The number of nitriles is 1. The predicted molar refractivity (Wildman–Crippen MR) is 74.1 cm³/mol. The summed E-state index contributed by atoms with van der Waals surface area (Å²) >= 11 is 0. The second-order valence-corrected chi connectivity index (χ2v) is 4.87. The summed E-state index contributed by atoms with van der Waals surface area (Å²) in [5.74, 6) is 0.974. The van der Waals surface area contributed by atoms with Crippen molar-refractivity contribution in [3.63, 3.8) is 0 Å². The van der Waals surface area contributed by atoms with Gasteiger partial charge in [0.1, 0.15) is 6.07 Å². The molecule has 2 aromatic rings. The number of hydrogen-bond donors (Lipinski definition) is 1. The number of rotatable bonds is 2. The number of hydrogen-bond acceptors (Lipinski definition) is 5. The van der Waals surface area contributed by atoms with Crippen molar-refractivity contribution in [3.8, 4) is 17.5 Å². The van der Waals surface area contributed by atoms with E-state index in [9.17, 15) is 10.4 Å². The van der Waals surface area contributed by atoms with E-state index in [4.69, 9.17) is 4.42 Å². The highest BCUT2D eigenvalue weighted by Crippen LogP contribution is 2.29. The minimum absolute atomic E-state index is 0.256. The summed E-state index contributed by atoms with van der Waals surface area (Å²) in [7, 11) is 0. The Bertz CT molecular complexity index is 622. The molecular formula is C15H15N3O2. The summed E-state index contributed by atoms with van der Waals surface area (Å²) in [6, 6.07) is 11.6. The van der Waals surface area contributed by atoms with Crippen LogP contribution in [0.2, 0.25) is 0 Å². The Hall–Kier alpha value is -2.32. The van der Waals surface area contributed by atoms with Crippen molar-refractivity contribution in [2.45, 2.75) is 18.9 Å². The van der Waals surface area contributed by atoms with Gasteiger partial charge in [0.15, 0.2) is 0 Å². The fourth-order valence-electron chi connectivity index (χ4n) is 2.37. The molecule has 0 saturated carbocycles. The van der Waals surface area contributed by atoms with E-state index in [1.165, 1.54) is 0 Å². The van der Waals surface area contributed by atoms with Gasteiger partial charge in [-0.15, -0.1) is 0 Å². The van der Waals surface area contributed by atoms with Crippen LogP contribution in [-0.4, -0.2) is 29.3 Å². The van der Waals surface area contributed by atoms with Gasteiger partial charge in [0, 0.05) is 18.7 Å². The minimum atomic E-state index is -0.256. The average molecular weight is 269 g/mol. The van der Waals surface area contributed by atoms with E-state index >= 15 is 0 Å². The second kappa shape index (κ2) is 5.35. The van der Waals surface area contributed by atoms with E-state index in [2.05, 4.69) is 11.1 Å². The second-order valence-electron chi connectivity index (χ2n) is 4.87. The largest absolute Gasteiger partial charge is 0.419 e. The van der Waals surface area contributed by atoms with Gasteiger partial charge in [0.2, 0.25) is 17.5 Å². The first-order chi connectivity index (χ1) is 9.78. The number of piperidine rings is 1. The molecule has 1 aliphatic rings. The van der Waals surface area contributed by atoms with Crippen LogP contribution in [0.5, 0.6) is 0 Å². The molecule has 0 spiro atoms. The molecule has 102 valence electrons. The topological polar surface area (TPSA) is 73.3 Å². The van der Waals surface area contributed by atoms with Gasteiger partial charge in [-0.2, -0.15) is 10.2 Å². The molecule has 0 unspecified atom stereocenters. The van der Waals surface area contributed by atoms with Crippen molar-refractivity contribution < 1.29 is 9.52 Å². The van der Waals surface area contributed by atoms with Crippen LogP contribution in [0.25, 0.3) is 11.5 Å². The van der Waals surface area contributed by atoms with E-state index in [1.54, 1.807) is 0 Å². The van der Waals surface area contributed by atoms with Crippen molar-refractivity contribution in [2.75, 3.05) is 18.0 Å². The maximum Gasteiger partial charge on any atom is 0.235 e. The van der Waals surface area contributed by atoms with Crippen molar-refractivity contribution in [2.24, 2.45) is 0 Å². The molecular weight excluding hydrogens is 254 g/mol. The third kappa shape index (κ3) is 2.38. The molecule has 1 aromatic carbocycles. The number of aromatic nitrogens is 1. The van der Waals surface area contributed by atoms with Crippen LogP contribution < -0.4 is 4.90 Å². The lowest BCUT2D eigenvalue weighted by Gasteiger charge is -2.28. The lowest BCUT2D eigenvalue weighted by atomic mass is 10.1. The SMILES string of the molecule is N#Cc1nc(-c2ccccc2)oc1N1CCC(O)CC1. The van der Waals surface area contributed by atoms with Crippen LogP contribution in [0, 0.1) is 11.3 Å². The summed E-state index contributed by atoms with van der Waals surface area (Å²) in [4.78, 5) is 6.24. The summed E-state index contributed by atoms with van der Waals surface area (Å²) in [5, 5.41) is 18.8.